The summed E-state index contributed by atoms with van der Waals surface area (Å²) in [5.74, 6) is 0.833. The van der Waals surface area contributed by atoms with E-state index in [0.717, 1.165) is 43.2 Å². The molecule has 0 aliphatic carbocycles. The number of fused-ring (bicyclic) bond motifs is 3. The number of benzene rings is 2. The fraction of sp³-hybridized carbons (Fsp3) is 0.333. The number of carbonyl (C=O) groups is 1. The summed E-state index contributed by atoms with van der Waals surface area (Å²) in [5.41, 5.74) is 3.14. The number of amides is 1. The third-order valence-electron chi connectivity index (χ3n) is 5.86. The van der Waals surface area contributed by atoms with Crippen LogP contribution in [0.2, 0.25) is 0 Å². The Balaban J connectivity index is 1.72. The van der Waals surface area contributed by atoms with E-state index in [0.29, 0.717) is 11.2 Å². The van der Waals surface area contributed by atoms with Crippen LogP contribution in [0.1, 0.15) is 39.2 Å². The summed E-state index contributed by atoms with van der Waals surface area (Å²) in [6.45, 7) is 8.21. The first-order chi connectivity index (χ1) is 16.5. The molecule has 4 aromatic rings. The monoisotopic (exact) mass is 556 g/mol. The molecule has 0 bridgehead atoms. The first kappa shape index (κ1) is 25.3. The summed E-state index contributed by atoms with van der Waals surface area (Å²) in [6.07, 6.45) is -0.333. The molecule has 35 heavy (non-hydrogen) atoms. The van der Waals surface area contributed by atoms with Gasteiger partial charge in [0.1, 0.15) is 16.1 Å². The van der Waals surface area contributed by atoms with Gasteiger partial charge in [-0.15, -0.1) is 11.3 Å². The van der Waals surface area contributed by atoms with E-state index in [-0.39, 0.29) is 17.6 Å². The van der Waals surface area contributed by atoms with E-state index in [1.165, 1.54) is 11.3 Å². The molecule has 0 unspecified atom stereocenters. The number of pyridine rings is 1. The first-order valence-corrected chi connectivity index (χ1v) is 13.0. The largest absolute Gasteiger partial charge is 0.496 e. The zero-order valence-corrected chi connectivity index (χ0v) is 23.1. The fourth-order valence-electron chi connectivity index (χ4n) is 4.23. The maximum absolute atomic E-state index is 12.6. The van der Waals surface area contributed by atoms with Crippen molar-refractivity contribution >= 4 is 54.3 Å². The molecular formula is C27H29BrN2O4S. The summed E-state index contributed by atoms with van der Waals surface area (Å²) >= 11 is 5.02. The van der Waals surface area contributed by atoms with Gasteiger partial charge in [0.05, 0.1) is 12.6 Å². The lowest BCUT2D eigenvalue weighted by Crippen LogP contribution is -2.36. The van der Waals surface area contributed by atoms with Gasteiger partial charge in [0.25, 0.3) is 5.56 Å². The Morgan fingerprint density at radius 3 is 2.51 bits per heavy atom. The summed E-state index contributed by atoms with van der Waals surface area (Å²) in [7, 11) is 3.40. The maximum Gasteiger partial charge on any atom is 0.410 e. The Morgan fingerprint density at radius 1 is 1.20 bits per heavy atom. The van der Waals surface area contributed by atoms with Crippen LogP contribution in [0, 0.1) is 0 Å². The number of hydrogen-bond acceptors (Lipinski definition) is 5. The number of likely N-dealkylation sites (N-methyl/N-ethyl adjacent to an activating group) is 1. The van der Waals surface area contributed by atoms with Crippen molar-refractivity contribution in [1.82, 2.24) is 9.88 Å². The van der Waals surface area contributed by atoms with E-state index in [9.17, 15) is 9.59 Å². The van der Waals surface area contributed by atoms with Crippen LogP contribution >= 0.6 is 27.3 Å². The maximum atomic E-state index is 12.6. The molecule has 1 N–H and O–H groups in total. The quantitative estimate of drug-likeness (QED) is 0.283. The molecule has 1 amide bonds. The van der Waals surface area contributed by atoms with Gasteiger partial charge in [0.15, 0.2) is 0 Å². The Bertz CT molecular complexity index is 1450. The smallest absolute Gasteiger partial charge is 0.410 e. The molecule has 0 aliphatic heterocycles. The van der Waals surface area contributed by atoms with Gasteiger partial charge in [-0.25, -0.2) is 4.79 Å². The number of thiophene rings is 1. The minimum absolute atomic E-state index is 0.0994. The Hall–Kier alpha value is -2.84. The molecule has 0 saturated heterocycles. The third kappa shape index (κ3) is 5.09. The summed E-state index contributed by atoms with van der Waals surface area (Å²) in [4.78, 5) is 29.6. The van der Waals surface area contributed by atoms with Crippen molar-refractivity contribution in [2.75, 3.05) is 20.7 Å². The number of aromatic nitrogens is 1. The zero-order chi connectivity index (χ0) is 25.5. The molecule has 6 nitrogen and oxygen atoms in total. The molecule has 0 spiro atoms. The fourth-order valence-corrected chi connectivity index (χ4v) is 5.53. The molecule has 2 heterocycles. The van der Waals surface area contributed by atoms with Crippen LogP contribution in [0.5, 0.6) is 5.75 Å². The molecular weight excluding hydrogens is 528 g/mol. The van der Waals surface area contributed by atoms with Crippen molar-refractivity contribution in [3.63, 3.8) is 0 Å². The number of halogens is 1. The number of carbonyl (C=O) groups excluding carboxylic acids is 1. The van der Waals surface area contributed by atoms with Gasteiger partial charge in [-0.05, 0) is 71.3 Å². The van der Waals surface area contributed by atoms with Gasteiger partial charge in [-0.1, -0.05) is 31.2 Å². The van der Waals surface area contributed by atoms with Crippen LogP contribution in [0.25, 0.3) is 32.1 Å². The highest BCUT2D eigenvalue weighted by Gasteiger charge is 2.22. The Kier molecular flexibility index (Phi) is 6.97. The van der Waals surface area contributed by atoms with Crippen LogP contribution in [-0.2, 0) is 4.74 Å². The Labute approximate surface area is 217 Å². The average molecular weight is 558 g/mol. The minimum atomic E-state index is -0.527. The average Bonchev–Trinajstić information content (AvgIpc) is 3.29. The molecule has 2 aromatic heterocycles. The molecule has 4 rings (SSSR count). The standard InChI is InChI=1S/C27H29BrN2O4S/c1-15(14-30(5)26(32)34-27(2,3)4)16-7-9-17(10-8-16)21-20(33-6)13-19(28)23-22(21)18-11-12-35-24(18)25(31)29-23/h7-13,15H,14H2,1-6H3,(H,29,31)/t15-/m1/s1. The second-order valence-corrected chi connectivity index (χ2v) is 11.5. The number of methoxy groups -OCH3 is 1. The minimum Gasteiger partial charge on any atom is -0.496 e. The summed E-state index contributed by atoms with van der Waals surface area (Å²) < 4.78 is 12.7. The van der Waals surface area contributed by atoms with Crippen molar-refractivity contribution in [2.45, 2.75) is 39.2 Å². The zero-order valence-electron chi connectivity index (χ0n) is 20.7. The van der Waals surface area contributed by atoms with Crippen LogP contribution < -0.4 is 10.3 Å². The lowest BCUT2D eigenvalue weighted by molar-refractivity contribution is 0.0291. The lowest BCUT2D eigenvalue weighted by atomic mass is 9.94. The van der Waals surface area contributed by atoms with Crippen molar-refractivity contribution in [1.29, 1.82) is 0 Å². The Morgan fingerprint density at radius 2 is 1.89 bits per heavy atom. The van der Waals surface area contributed by atoms with Crippen molar-refractivity contribution in [2.24, 2.45) is 0 Å². The number of ether oxygens (including phenoxy) is 2. The molecule has 2 aromatic carbocycles. The molecule has 0 radical (unpaired) electrons. The number of rotatable bonds is 5. The molecule has 0 aliphatic rings. The van der Waals surface area contributed by atoms with E-state index < -0.39 is 5.60 Å². The summed E-state index contributed by atoms with van der Waals surface area (Å²) in [5, 5.41) is 3.78. The van der Waals surface area contributed by atoms with Crippen LogP contribution in [0.3, 0.4) is 0 Å². The van der Waals surface area contributed by atoms with Crippen LogP contribution in [0.4, 0.5) is 4.79 Å². The van der Waals surface area contributed by atoms with Gasteiger partial charge >= 0.3 is 6.09 Å². The van der Waals surface area contributed by atoms with Crippen molar-refractivity contribution < 1.29 is 14.3 Å². The highest BCUT2D eigenvalue weighted by molar-refractivity contribution is 9.10. The predicted molar refractivity (Wildman–Crippen MR) is 147 cm³/mol. The van der Waals surface area contributed by atoms with E-state index in [2.05, 4.69) is 52.1 Å². The van der Waals surface area contributed by atoms with E-state index in [1.54, 1.807) is 19.1 Å². The molecule has 8 heteroatoms. The number of aromatic amines is 1. The third-order valence-corrected chi connectivity index (χ3v) is 7.40. The van der Waals surface area contributed by atoms with Gasteiger partial charge in [-0.3, -0.25) is 4.79 Å². The van der Waals surface area contributed by atoms with Gasteiger partial charge in [0, 0.05) is 34.4 Å². The molecule has 0 fully saturated rings. The van der Waals surface area contributed by atoms with Crippen molar-refractivity contribution in [3.8, 4) is 16.9 Å². The second-order valence-electron chi connectivity index (χ2n) is 9.69. The normalized spacial score (nSPS) is 12.7. The van der Waals surface area contributed by atoms with Gasteiger partial charge in [0.2, 0.25) is 0 Å². The molecule has 0 saturated carbocycles. The number of nitrogens with zero attached hydrogens (tertiary/aromatic N) is 1. The van der Waals surface area contributed by atoms with Crippen molar-refractivity contribution in [3.05, 3.63) is 62.2 Å². The van der Waals surface area contributed by atoms with E-state index >= 15 is 0 Å². The highest BCUT2D eigenvalue weighted by atomic mass is 79.9. The van der Waals surface area contributed by atoms with Gasteiger partial charge < -0.3 is 19.4 Å². The number of nitrogens with one attached hydrogen (secondary N) is 1. The first-order valence-electron chi connectivity index (χ1n) is 11.3. The van der Waals surface area contributed by atoms with Gasteiger partial charge in [-0.2, -0.15) is 0 Å². The predicted octanol–water partition coefficient (Wildman–Crippen LogP) is 7.15. The summed E-state index contributed by atoms with van der Waals surface area (Å²) in [6, 6.07) is 12.1. The lowest BCUT2D eigenvalue weighted by Gasteiger charge is -2.26. The SMILES string of the molecule is COc1cc(Br)c2[nH]c(=O)c3sccc3c2c1-c1ccc([C@H](C)CN(C)C(=O)OC(C)(C)C)cc1. The van der Waals surface area contributed by atoms with Crippen LogP contribution in [-0.4, -0.2) is 42.3 Å². The highest BCUT2D eigenvalue weighted by Crippen LogP contribution is 2.43. The second kappa shape index (κ2) is 9.66. The topological polar surface area (TPSA) is 71.6 Å². The van der Waals surface area contributed by atoms with Crippen LogP contribution in [0.15, 0.2) is 51.0 Å². The van der Waals surface area contributed by atoms with E-state index in [1.807, 2.05) is 38.3 Å². The molecule has 184 valence electrons. The number of hydrogen-bond donors (Lipinski definition) is 1. The number of H-pyrrole nitrogens is 1. The molecule has 1 atom stereocenters. The van der Waals surface area contributed by atoms with E-state index in [4.69, 9.17) is 9.47 Å².